The topological polar surface area (TPSA) is 83.4 Å². The van der Waals surface area contributed by atoms with Gasteiger partial charge < -0.3 is 19.7 Å². The van der Waals surface area contributed by atoms with Crippen molar-refractivity contribution in [1.29, 1.82) is 0 Å². The molecule has 0 spiro atoms. The molecule has 1 unspecified atom stereocenters. The van der Waals surface area contributed by atoms with Crippen LogP contribution in [0.25, 0.3) is 0 Å². The molecule has 0 radical (unpaired) electrons. The lowest BCUT2D eigenvalue weighted by Crippen LogP contribution is -2.19. The second kappa shape index (κ2) is 8.89. The molecule has 8 heteroatoms. The van der Waals surface area contributed by atoms with Crippen molar-refractivity contribution in [3.8, 4) is 0 Å². The molecule has 2 N–H and O–H groups in total. The average Bonchev–Trinajstić information content (AvgIpc) is 2.83. The number of aromatic nitrogens is 2. The normalized spacial score (nSPS) is 13.1. The number of rotatable bonds is 10. The lowest BCUT2D eigenvalue weighted by molar-refractivity contribution is 0.0171. The van der Waals surface area contributed by atoms with E-state index in [4.69, 9.17) is 19.7 Å². The van der Waals surface area contributed by atoms with Gasteiger partial charge in [-0.05, 0) is 6.42 Å². The average molecular weight is 279 g/mol. The molecule has 1 rings (SSSR count). The molecule has 0 fully saturated rings. The van der Waals surface area contributed by atoms with Crippen LogP contribution in [0, 0.1) is 0 Å². The van der Waals surface area contributed by atoms with Gasteiger partial charge in [-0.2, -0.15) is 4.98 Å². The first-order valence-electron chi connectivity index (χ1n) is 6.15. The highest BCUT2D eigenvalue weighted by Gasteiger charge is 2.14. The van der Waals surface area contributed by atoms with E-state index in [9.17, 15) is 8.78 Å². The number of alkyl halides is 2. The monoisotopic (exact) mass is 279 g/mol. The first-order valence-corrected chi connectivity index (χ1v) is 6.15. The zero-order valence-corrected chi connectivity index (χ0v) is 10.8. The number of nitrogens with two attached hydrogens (primary N) is 1. The number of hydrogen-bond donors (Lipinski definition) is 1. The molecule has 0 aliphatic rings. The largest absolute Gasteiger partial charge is 0.379 e. The van der Waals surface area contributed by atoms with Gasteiger partial charge in [0, 0.05) is 6.61 Å². The van der Waals surface area contributed by atoms with E-state index < -0.39 is 19.1 Å². The van der Waals surface area contributed by atoms with Crippen LogP contribution < -0.4 is 5.73 Å². The minimum Gasteiger partial charge on any atom is -0.379 e. The molecule has 0 aliphatic heterocycles. The van der Waals surface area contributed by atoms with Crippen LogP contribution in [0.15, 0.2) is 4.52 Å². The van der Waals surface area contributed by atoms with Gasteiger partial charge in [-0.15, -0.1) is 0 Å². The molecule has 1 aromatic heterocycles. The number of ether oxygens (including phenoxy) is 2. The summed E-state index contributed by atoms with van der Waals surface area (Å²) in [6.07, 6.45) is -1.28. The Labute approximate surface area is 110 Å². The first-order chi connectivity index (χ1) is 9.13. The molecular weight excluding hydrogens is 260 g/mol. The van der Waals surface area contributed by atoms with Gasteiger partial charge in [0.05, 0.1) is 25.7 Å². The Morgan fingerprint density at radius 2 is 2.00 bits per heavy atom. The molecule has 1 aromatic rings. The number of halogens is 2. The van der Waals surface area contributed by atoms with E-state index in [0.29, 0.717) is 24.9 Å². The maximum atomic E-state index is 11.8. The SMILES string of the molecule is CCCOCC(N)c1noc(CCOCC(F)F)n1. The van der Waals surface area contributed by atoms with Gasteiger partial charge in [0.25, 0.3) is 6.43 Å². The summed E-state index contributed by atoms with van der Waals surface area (Å²) in [4.78, 5) is 4.06. The molecule has 1 heterocycles. The van der Waals surface area contributed by atoms with Gasteiger partial charge in [-0.1, -0.05) is 12.1 Å². The van der Waals surface area contributed by atoms with E-state index in [1.54, 1.807) is 0 Å². The van der Waals surface area contributed by atoms with Gasteiger partial charge in [0.15, 0.2) is 5.82 Å². The van der Waals surface area contributed by atoms with Crippen molar-refractivity contribution in [2.45, 2.75) is 32.2 Å². The molecule has 0 bridgehead atoms. The van der Waals surface area contributed by atoms with Gasteiger partial charge >= 0.3 is 0 Å². The van der Waals surface area contributed by atoms with Crippen LogP contribution in [-0.4, -0.2) is 43.0 Å². The Balaban J connectivity index is 2.27. The fraction of sp³-hybridized carbons (Fsp3) is 0.818. The predicted molar refractivity (Wildman–Crippen MR) is 62.9 cm³/mol. The summed E-state index contributed by atoms with van der Waals surface area (Å²) in [5, 5.41) is 3.71. The van der Waals surface area contributed by atoms with E-state index in [2.05, 4.69) is 10.1 Å². The minimum atomic E-state index is -2.47. The van der Waals surface area contributed by atoms with Crippen molar-refractivity contribution in [2.75, 3.05) is 26.4 Å². The summed E-state index contributed by atoms with van der Waals surface area (Å²) in [5.74, 6) is 0.662. The van der Waals surface area contributed by atoms with Crippen LogP contribution in [0.1, 0.15) is 31.1 Å². The zero-order valence-electron chi connectivity index (χ0n) is 10.8. The minimum absolute atomic E-state index is 0.105. The summed E-state index contributed by atoms with van der Waals surface area (Å²) in [6.45, 7) is 2.45. The Morgan fingerprint density at radius 1 is 1.26 bits per heavy atom. The number of nitrogens with zero attached hydrogens (tertiary/aromatic N) is 2. The van der Waals surface area contributed by atoms with Crippen LogP contribution in [0.2, 0.25) is 0 Å². The van der Waals surface area contributed by atoms with Gasteiger partial charge in [-0.3, -0.25) is 0 Å². The summed E-state index contributed by atoms with van der Waals surface area (Å²) in [5.41, 5.74) is 5.80. The Kier molecular flexibility index (Phi) is 7.46. The van der Waals surface area contributed by atoms with Crippen molar-refractivity contribution in [3.05, 3.63) is 11.7 Å². The highest BCUT2D eigenvalue weighted by Crippen LogP contribution is 2.07. The van der Waals surface area contributed by atoms with Crippen molar-refractivity contribution < 1.29 is 22.8 Å². The van der Waals surface area contributed by atoms with E-state index in [1.165, 1.54) is 0 Å². The predicted octanol–water partition coefficient (Wildman–Crippen LogP) is 1.32. The first kappa shape index (κ1) is 15.9. The van der Waals surface area contributed by atoms with Gasteiger partial charge in [-0.25, -0.2) is 8.78 Å². The van der Waals surface area contributed by atoms with Crippen LogP contribution in [0.4, 0.5) is 8.78 Å². The molecule has 6 nitrogen and oxygen atoms in total. The summed E-state index contributed by atoms with van der Waals surface area (Å²) < 4.78 is 38.6. The third-order valence-electron chi connectivity index (χ3n) is 2.17. The lowest BCUT2D eigenvalue weighted by atomic mass is 10.3. The van der Waals surface area contributed by atoms with Crippen LogP contribution in [0.3, 0.4) is 0 Å². The molecular formula is C11H19F2N3O3. The van der Waals surface area contributed by atoms with E-state index in [0.717, 1.165) is 6.42 Å². The Hall–Kier alpha value is -1.12. The Bertz CT molecular complexity index is 350. The van der Waals surface area contributed by atoms with E-state index in [-0.39, 0.29) is 13.0 Å². The standard InChI is InChI=1S/C11H19F2N3O3/c1-2-4-17-6-8(14)11-15-10(19-16-11)3-5-18-7-9(12)13/h8-9H,2-7,14H2,1H3. The lowest BCUT2D eigenvalue weighted by Gasteiger charge is -2.06. The third-order valence-corrected chi connectivity index (χ3v) is 2.17. The van der Waals surface area contributed by atoms with Crippen molar-refractivity contribution in [1.82, 2.24) is 10.1 Å². The summed E-state index contributed by atoms with van der Waals surface area (Å²) in [7, 11) is 0. The maximum absolute atomic E-state index is 11.8. The van der Waals surface area contributed by atoms with Gasteiger partial charge in [0.2, 0.25) is 5.89 Å². The molecule has 0 saturated heterocycles. The fourth-order valence-electron chi connectivity index (χ4n) is 1.28. The Morgan fingerprint density at radius 3 is 2.68 bits per heavy atom. The van der Waals surface area contributed by atoms with Crippen molar-refractivity contribution in [2.24, 2.45) is 5.73 Å². The van der Waals surface area contributed by atoms with Crippen LogP contribution >= 0.6 is 0 Å². The number of hydrogen-bond acceptors (Lipinski definition) is 6. The molecule has 110 valence electrons. The molecule has 0 aliphatic carbocycles. The smallest absolute Gasteiger partial charge is 0.261 e. The summed E-state index contributed by atoms with van der Waals surface area (Å²) >= 11 is 0. The van der Waals surface area contributed by atoms with Crippen molar-refractivity contribution >= 4 is 0 Å². The molecule has 0 aromatic carbocycles. The van der Waals surface area contributed by atoms with Gasteiger partial charge in [0.1, 0.15) is 6.61 Å². The molecule has 0 saturated carbocycles. The quantitative estimate of drug-likeness (QED) is 0.650. The fourth-order valence-corrected chi connectivity index (χ4v) is 1.28. The molecule has 19 heavy (non-hydrogen) atoms. The van der Waals surface area contributed by atoms with E-state index in [1.807, 2.05) is 6.92 Å². The van der Waals surface area contributed by atoms with E-state index >= 15 is 0 Å². The van der Waals surface area contributed by atoms with Crippen molar-refractivity contribution in [3.63, 3.8) is 0 Å². The highest BCUT2D eigenvalue weighted by molar-refractivity contribution is 4.93. The molecule has 1 atom stereocenters. The highest BCUT2D eigenvalue weighted by atomic mass is 19.3. The zero-order chi connectivity index (χ0) is 14.1. The third kappa shape index (κ3) is 6.55. The second-order valence-electron chi connectivity index (χ2n) is 3.94. The molecule has 0 amide bonds. The second-order valence-corrected chi connectivity index (χ2v) is 3.94. The summed E-state index contributed by atoms with van der Waals surface area (Å²) in [6, 6.07) is -0.453. The van der Waals surface area contributed by atoms with Crippen LogP contribution in [0.5, 0.6) is 0 Å². The van der Waals surface area contributed by atoms with Crippen LogP contribution in [-0.2, 0) is 15.9 Å². The maximum Gasteiger partial charge on any atom is 0.261 e.